The maximum Gasteiger partial charge on any atom is 0.482 e. The quantitative estimate of drug-likeness (QED) is 0.217. The van der Waals surface area contributed by atoms with Gasteiger partial charge in [0.15, 0.2) is 0 Å². The summed E-state index contributed by atoms with van der Waals surface area (Å²) in [6, 6.07) is 15.2. The van der Waals surface area contributed by atoms with Crippen molar-refractivity contribution in [3.05, 3.63) is 69.7 Å². The number of nitrogens with zero attached hydrogens (tertiary/aromatic N) is 2. The van der Waals surface area contributed by atoms with Crippen molar-refractivity contribution in [1.29, 1.82) is 5.26 Å². The molecule has 5 fully saturated rings. The fourth-order valence-electron chi connectivity index (χ4n) is 9.03. The van der Waals surface area contributed by atoms with Crippen molar-refractivity contribution in [2.24, 2.45) is 29.1 Å². The molecule has 2 aromatic carbocycles. The lowest BCUT2D eigenvalue weighted by atomic mass is 9.43. The molecule has 13 heteroatoms. The zero-order valence-corrected chi connectivity index (χ0v) is 32.8. The normalized spacial score (nSPS) is 27.3. The number of carbonyl (C=O) groups is 3. The van der Waals surface area contributed by atoms with Crippen LogP contribution in [0, 0.1) is 40.4 Å². The molecule has 0 spiro atoms. The summed E-state index contributed by atoms with van der Waals surface area (Å²) in [5.41, 5.74) is 0.794. The van der Waals surface area contributed by atoms with Gasteiger partial charge in [0.25, 0.3) is 5.91 Å². The van der Waals surface area contributed by atoms with E-state index in [9.17, 15) is 19.6 Å². The molecule has 3 aliphatic carbocycles. The fraction of sp³-hybridized carbons (Fsp3) is 0.600. The molecule has 2 bridgehead atoms. The van der Waals surface area contributed by atoms with Gasteiger partial charge in [-0.05, 0) is 92.4 Å². The average Bonchev–Trinajstić information content (AvgIpc) is 3.74. The topological polar surface area (TPSA) is 130 Å². The molecular weight excluding hydrogens is 714 g/mol. The minimum Gasteiger partial charge on any atom is -0.404 e. The lowest BCUT2D eigenvalue weighted by Gasteiger charge is -2.64. The van der Waals surface area contributed by atoms with Crippen molar-refractivity contribution in [3.63, 3.8) is 0 Å². The van der Waals surface area contributed by atoms with E-state index in [0.717, 1.165) is 24.8 Å². The van der Waals surface area contributed by atoms with Crippen molar-refractivity contribution in [2.45, 2.75) is 103 Å². The second-order valence-electron chi connectivity index (χ2n) is 16.5. The van der Waals surface area contributed by atoms with Gasteiger partial charge in [-0.3, -0.25) is 14.4 Å². The summed E-state index contributed by atoms with van der Waals surface area (Å²) in [5, 5.41) is 16.2. The van der Waals surface area contributed by atoms with E-state index in [0.29, 0.717) is 42.7 Å². The van der Waals surface area contributed by atoms with Gasteiger partial charge in [0.05, 0.1) is 53.6 Å². The molecule has 284 valence electrons. The Hall–Kier alpha value is -3.14. The highest BCUT2D eigenvalue weighted by atomic mass is 35.5. The van der Waals surface area contributed by atoms with E-state index in [1.165, 1.54) is 12.1 Å². The molecular formula is C40H51BCl2N4O6. The lowest BCUT2D eigenvalue weighted by molar-refractivity contribution is -0.199. The molecule has 2 aliphatic heterocycles. The number of benzene rings is 2. The Morgan fingerprint density at radius 2 is 1.85 bits per heavy atom. The smallest absolute Gasteiger partial charge is 0.404 e. The van der Waals surface area contributed by atoms with Gasteiger partial charge in [0, 0.05) is 11.6 Å². The average molecular weight is 766 g/mol. The number of rotatable bonds is 14. The van der Waals surface area contributed by atoms with E-state index in [-0.39, 0.29) is 53.2 Å². The first-order valence-corrected chi connectivity index (χ1v) is 19.7. The molecule has 2 aromatic rings. The first-order valence-electron chi connectivity index (χ1n) is 18.9. The zero-order chi connectivity index (χ0) is 38.1. The van der Waals surface area contributed by atoms with Gasteiger partial charge in [-0.2, -0.15) is 5.26 Å². The Morgan fingerprint density at radius 3 is 2.55 bits per heavy atom. The van der Waals surface area contributed by atoms with Crippen molar-refractivity contribution >= 4 is 48.0 Å². The molecule has 8 atom stereocenters. The summed E-state index contributed by atoms with van der Waals surface area (Å²) in [5.74, 6) is -1.44. The van der Waals surface area contributed by atoms with Gasteiger partial charge in [0.2, 0.25) is 11.8 Å². The van der Waals surface area contributed by atoms with Crippen LogP contribution in [-0.4, -0.2) is 79.2 Å². The van der Waals surface area contributed by atoms with Crippen molar-refractivity contribution in [3.8, 4) is 6.07 Å². The minimum atomic E-state index is -1.14. The van der Waals surface area contributed by atoms with Crippen LogP contribution in [0.15, 0.2) is 48.5 Å². The van der Waals surface area contributed by atoms with E-state index in [1.54, 1.807) is 11.0 Å². The Bertz CT molecular complexity index is 1710. The lowest BCUT2D eigenvalue weighted by Crippen LogP contribution is -2.65. The fourth-order valence-corrected chi connectivity index (χ4v) is 9.40. The van der Waals surface area contributed by atoms with Gasteiger partial charge < -0.3 is 29.6 Å². The third-order valence-electron chi connectivity index (χ3n) is 12.1. The number of nitrogens with one attached hydrogen (secondary N) is 2. The van der Waals surface area contributed by atoms with Crippen LogP contribution in [-0.2, 0) is 30.1 Å². The van der Waals surface area contributed by atoms with Gasteiger partial charge in [-0.1, -0.05) is 81.2 Å². The predicted molar refractivity (Wildman–Crippen MR) is 204 cm³/mol. The van der Waals surface area contributed by atoms with E-state index in [2.05, 4.69) is 37.5 Å². The van der Waals surface area contributed by atoms with E-state index in [4.69, 9.17) is 37.2 Å². The third-order valence-corrected chi connectivity index (χ3v) is 12.7. The molecule has 2 N–H and O–H groups in total. The largest absolute Gasteiger partial charge is 0.482 e. The van der Waals surface area contributed by atoms with Gasteiger partial charge >= 0.3 is 7.12 Å². The van der Waals surface area contributed by atoms with E-state index >= 15 is 0 Å². The van der Waals surface area contributed by atoms with Crippen LogP contribution in [0.1, 0.15) is 82.6 Å². The number of hydrogen-bond acceptors (Lipinski definition) is 7. The number of likely N-dealkylation sites (tertiary alicyclic amines) is 1. The molecule has 2 saturated heterocycles. The first-order chi connectivity index (χ1) is 25.2. The second-order valence-corrected chi connectivity index (χ2v) is 17.3. The standard InChI is InChI=1S/C40H51BCl2N4O6/c1-24(2)16-26(21-44)38(50)47-15-9-12-29(47)22-51-23-32(45-36(48)30-20-28(42)13-14-31(30)43)37(49)46-35(17-25-10-7-6-8-11-25)41-52-34-19-27-18-33(39(27,3)4)40(34,5)53-41/h6-8,10-11,13-14,20,24,26-27,29,32-35H,9,12,15-19,22-23H2,1-5H3,(H,45,48)(H,46,49)/t26-,27-,29-,32+,33+,34-,35+,40+/m1/s1. The molecule has 0 unspecified atom stereocenters. The summed E-state index contributed by atoms with van der Waals surface area (Å²) in [4.78, 5) is 43.0. The summed E-state index contributed by atoms with van der Waals surface area (Å²) in [6.45, 7) is 11.2. The maximum absolute atomic E-state index is 14.3. The maximum atomic E-state index is 14.3. The SMILES string of the molecule is CC(C)C[C@H](C#N)C(=O)N1CCC[C@@H]1COC[C@H](NC(=O)c1cc(Cl)ccc1Cl)C(=O)N[C@@H](Cc1ccccc1)B1O[C@@H]2C[C@H]3C[C@@H](C3(C)C)[C@]2(C)O1. The van der Waals surface area contributed by atoms with Crippen LogP contribution in [0.5, 0.6) is 0 Å². The monoisotopic (exact) mass is 764 g/mol. The highest BCUT2D eigenvalue weighted by Crippen LogP contribution is 2.65. The number of amides is 3. The first kappa shape index (κ1) is 39.6. The third kappa shape index (κ3) is 8.43. The van der Waals surface area contributed by atoms with E-state index < -0.39 is 42.4 Å². The number of ether oxygens (including phenoxy) is 1. The van der Waals surface area contributed by atoms with Gasteiger partial charge in [0.1, 0.15) is 12.0 Å². The van der Waals surface area contributed by atoms with Crippen LogP contribution < -0.4 is 10.6 Å². The van der Waals surface area contributed by atoms with Crippen LogP contribution in [0.3, 0.4) is 0 Å². The Morgan fingerprint density at radius 1 is 1.09 bits per heavy atom. The molecule has 0 radical (unpaired) electrons. The number of nitriles is 1. The summed E-state index contributed by atoms with van der Waals surface area (Å²) >= 11 is 12.6. The zero-order valence-electron chi connectivity index (χ0n) is 31.3. The van der Waals surface area contributed by atoms with Crippen LogP contribution in [0.2, 0.25) is 10.0 Å². The van der Waals surface area contributed by atoms with Gasteiger partial charge in [-0.15, -0.1) is 0 Å². The van der Waals surface area contributed by atoms with Gasteiger partial charge in [-0.25, -0.2) is 0 Å². The Labute approximate surface area is 323 Å². The highest BCUT2D eigenvalue weighted by Gasteiger charge is 2.68. The number of hydrogen-bond donors (Lipinski definition) is 2. The molecule has 3 saturated carbocycles. The summed E-state index contributed by atoms with van der Waals surface area (Å²) in [6.07, 6.45) is 4.34. The second kappa shape index (κ2) is 16.3. The summed E-state index contributed by atoms with van der Waals surface area (Å²) < 4.78 is 19.6. The van der Waals surface area contributed by atoms with Crippen LogP contribution in [0.25, 0.3) is 0 Å². The van der Waals surface area contributed by atoms with E-state index in [1.807, 2.05) is 44.2 Å². The number of carbonyl (C=O) groups excluding carboxylic acids is 3. The van der Waals surface area contributed by atoms with Crippen LogP contribution in [0.4, 0.5) is 0 Å². The Balaban J connectivity index is 1.20. The van der Waals surface area contributed by atoms with Crippen LogP contribution >= 0.6 is 23.2 Å². The molecule has 7 rings (SSSR count). The molecule has 3 amide bonds. The molecule has 0 aromatic heterocycles. The van der Waals surface area contributed by atoms with Crippen molar-refractivity contribution in [2.75, 3.05) is 19.8 Å². The number of halogens is 2. The Kier molecular flexibility index (Phi) is 12.2. The molecule has 10 nitrogen and oxygen atoms in total. The van der Waals surface area contributed by atoms with Crippen molar-refractivity contribution < 1.29 is 28.4 Å². The summed E-state index contributed by atoms with van der Waals surface area (Å²) in [7, 11) is -0.707. The molecule has 2 heterocycles. The van der Waals surface area contributed by atoms with Crippen molar-refractivity contribution in [1.82, 2.24) is 15.5 Å². The molecule has 5 aliphatic rings. The highest BCUT2D eigenvalue weighted by molar-refractivity contribution is 6.48. The molecule has 53 heavy (non-hydrogen) atoms. The minimum absolute atomic E-state index is 0.0820. The predicted octanol–water partition coefficient (Wildman–Crippen LogP) is 6.28.